The van der Waals surface area contributed by atoms with Crippen molar-refractivity contribution in [1.29, 1.82) is 0 Å². The van der Waals surface area contributed by atoms with Crippen molar-refractivity contribution >= 4 is 136 Å². The van der Waals surface area contributed by atoms with Crippen molar-refractivity contribution < 1.29 is 116 Å². The number of carboxylic acid groups (broad SMARTS) is 3. The van der Waals surface area contributed by atoms with Gasteiger partial charge in [0, 0.05) is 25.9 Å². The summed E-state index contributed by atoms with van der Waals surface area (Å²) in [5, 5.41) is 65.3. The normalized spacial score (nSPS) is 15.7. The molecule has 34 N–H and O–H groups in total. The largest absolute Gasteiger partial charge is 0.481 e. The van der Waals surface area contributed by atoms with Gasteiger partial charge in [-0.25, -0.2) is 4.79 Å². The number of carboxylic acids is 3. The van der Waals surface area contributed by atoms with Gasteiger partial charge in [-0.05, 0) is 81.5 Å². The monoisotopic (exact) mass is 1760 g/mol. The molecule has 0 aromatic carbocycles. The molecule has 1 aliphatic carbocycles. The second-order valence-corrected chi connectivity index (χ2v) is 30.7. The lowest BCUT2D eigenvalue weighted by molar-refractivity contribution is -0.143. The molecule has 18 amide bonds. The Morgan fingerprint density at radius 3 is 1.11 bits per heavy atom. The van der Waals surface area contributed by atoms with E-state index in [-0.39, 0.29) is 95.1 Å². The summed E-state index contributed by atoms with van der Waals surface area (Å²) in [7, 11) is 0. The van der Waals surface area contributed by atoms with Gasteiger partial charge in [-0.1, -0.05) is 107 Å². The second-order valence-electron chi connectivity index (χ2n) is 30.7. The van der Waals surface area contributed by atoms with Crippen LogP contribution in [0.4, 0.5) is 0 Å². The molecular weight excluding hydrogens is 1630 g/mol. The second kappa shape index (κ2) is 56.9. The zero-order chi connectivity index (χ0) is 94.4. The van der Waals surface area contributed by atoms with E-state index in [0.29, 0.717) is 12.8 Å². The number of hydrogen-bond donors (Lipinski definition) is 26. The number of carbonyl (C=O) groups excluding carboxylic acids is 18. The zero-order valence-electron chi connectivity index (χ0n) is 71.5. The average molecular weight is 1770 g/mol. The maximum Gasteiger partial charge on any atom is 0.326 e. The van der Waals surface area contributed by atoms with E-state index in [9.17, 15) is 116 Å². The molecule has 1 aliphatic rings. The van der Waals surface area contributed by atoms with Crippen LogP contribution in [0.2, 0.25) is 0 Å². The van der Waals surface area contributed by atoms with Gasteiger partial charge in [-0.3, -0.25) is 106 Å². The molecule has 1 rings (SSSR count). The summed E-state index contributed by atoms with van der Waals surface area (Å²) in [5.74, 6) is -27.1. The number of aliphatic imine (C=N–C) groups is 2. The van der Waals surface area contributed by atoms with Gasteiger partial charge >= 0.3 is 17.9 Å². The third-order valence-electron chi connectivity index (χ3n) is 20.2. The summed E-state index contributed by atoms with van der Waals surface area (Å²) in [6.45, 7) is 11.4. The molecule has 0 aromatic heterocycles. The third kappa shape index (κ3) is 42.7. The van der Waals surface area contributed by atoms with Crippen molar-refractivity contribution in [3.63, 3.8) is 0 Å². The van der Waals surface area contributed by atoms with Crippen molar-refractivity contribution in [2.24, 2.45) is 85.4 Å². The van der Waals surface area contributed by atoms with E-state index in [4.69, 9.17) is 45.9 Å². The number of primary amides is 3. The molecule has 49 nitrogen and oxygen atoms in total. The molecule has 0 aromatic rings. The Kier molecular flexibility index (Phi) is 50.2. The van der Waals surface area contributed by atoms with Crippen LogP contribution in [0.15, 0.2) is 9.98 Å². The third-order valence-corrected chi connectivity index (χ3v) is 20.2. The Labute approximate surface area is 716 Å². The summed E-state index contributed by atoms with van der Waals surface area (Å²) in [6.07, 6.45) is -0.977. The number of nitrogens with zero attached hydrogens (tertiary/aromatic N) is 2. The van der Waals surface area contributed by atoms with Gasteiger partial charge in [0.25, 0.3) is 0 Å². The fourth-order valence-corrected chi connectivity index (χ4v) is 12.5. The van der Waals surface area contributed by atoms with Crippen molar-refractivity contribution in [3.05, 3.63) is 0 Å². The van der Waals surface area contributed by atoms with Crippen LogP contribution in [0.1, 0.15) is 191 Å². The highest BCUT2D eigenvalue weighted by atomic mass is 16.4. The number of nitrogens with one attached hydrogen (secondary N) is 15. The van der Waals surface area contributed by atoms with Gasteiger partial charge in [0.15, 0.2) is 11.9 Å². The number of amides is 18. The van der Waals surface area contributed by atoms with Gasteiger partial charge < -0.3 is 141 Å². The molecule has 0 spiro atoms. The molecule has 0 bridgehead atoms. The summed E-state index contributed by atoms with van der Waals surface area (Å²) >= 11 is 0. The molecule has 0 unspecified atom stereocenters. The van der Waals surface area contributed by atoms with Crippen LogP contribution in [0, 0.1) is 29.6 Å². The Balaban J connectivity index is 3.53. The highest BCUT2D eigenvalue weighted by Crippen LogP contribution is 2.28. The van der Waals surface area contributed by atoms with Crippen molar-refractivity contribution in [2.75, 3.05) is 32.7 Å². The summed E-state index contributed by atoms with van der Waals surface area (Å²) in [4.78, 5) is 288. The minimum absolute atomic E-state index is 0.00164. The van der Waals surface area contributed by atoms with Crippen LogP contribution in [-0.4, -0.2) is 263 Å². The molecule has 0 saturated heterocycles. The molecule has 124 heavy (non-hydrogen) atoms. The van der Waals surface area contributed by atoms with Crippen LogP contribution in [0.5, 0.6) is 0 Å². The Hall–Kier alpha value is -12.6. The number of nitrogens with two attached hydrogens (primary N) is 8. The quantitative estimate of drug-likeness (QED) is 0.0153. The first kappa shape index (κ1) is 109. The Bertz CT molecular complexity index is 3780. The smallest absolute Gasteiger partial charge is 0.326 e. The topological polar surface area (TPSA) is 832 Å². The fraction of sp³-hybridized carbons (Fsp3) is 0.693. The number of aliphatic carboxylic acids is 3. The predicted molar refractivity (Wildman–Crippen MR) is 443 cm³/mol. The SMILES string of the molecule is CC[C@H](C)[C@H](NC(=O)[C@H](C)NC(=O)[C@H](CC1CCCCC1)NC(=O)[C@H](CCC(N)=O)NC(=O)[C@H](CCCN=C(N)N)NC(=O)CNC(=O)[C@@H](NC(=O)[C@H](CCC(N)=O)NC(=O)CN)C(C)C)C(=O)N[C@H](C(=O)NCC(=O)N[C@@H](CC(=O)O)C(=O)N[C@@H](CC(=O)O)C(=O)N[C@H](C(=O)N[C@@H](CC(N)=O)C(=O)N[C@@H](CCCN=C(N)N)C(=O)O)[C@@H](C)CC)[C@@H](C)CC. The van der Waals surface area contributed by atoms with E-state index >= 15 is 0 Å². The average Bonchev–Trinajstić information content (AvgIpc) is 0.851. The van der Waals surface area contributed by atoms with E-state index in [2.05, 4.69) is 89.7 Å². The maximum atomic E-state index is 14.6. The molecule has 0 radical (unpaired) electrons. The summed E-state index contributed by atoms with van der Waals surface area (Å²) in [5.41, 5.74) is 43.2. The van der Waals surface area contributed by atoms with Crippen molar-refractivity contribution in [2.45, 2.75) is 269 Å². The maximum absolute atomic E-state index is 14.6. The van der Waals surface area contributed by atoms with Gasteiger partial charge in [0.05, 0.1) is 38.9 Å². The van der Waals surface area contributed by atoms with E-state index in [1.807, 2.05) is 0 Å². The van der Waals surface area contributed by atoms with Crippen molar-refractivity contribution in [1.82, 2.24) is 79.8 Å². The first-order valence-corrected chi connectivity index (χ1v) is 40.9. The van der Waals surface area contributed by atoms with E-state index in [1.165, 1.54) is 13.8 Å². The minimum atomic E-state index is -2.13. The van der Waals surface area contributed by atoms with Crippen LogP contribution < -0.4 is 126 Å². The lowest BCUT2D eigenvalue weighted by Crippen LogP contribution is -2.61. The lowest BCUT2D eigenvalue weighted by atomic mass is 9.84. The first-order chi connectivity index (χ1) is 58.1. The molecule has 16 atom stereocenters. The van der Waals surface area contributed by atoms with Gasteiger partial charge in [0.1, 0.15) is 78.5 Å². The molecule has 1 fully saturated rings. The Morgan fingerprint density at radius 2 is 0.677 bits per heavy atom. The van der Waals surface area contributed by atoms with E-state index < -0.39 is 278 Å². The molecule has 0 heterocycles. The molecular formula is C75H129N25O24. The Morgan fingerprint density at radius 1 is 0.347 bits per heavy atom. The predicted octanol–water partition coefficient (Wildman–Crippen LogP) is -9.19. The van der Waals surface area contributed by atoms with E-state index in [0.717, 1.165) is 19.3 Å². The first-order valence-electron chi connectivity index (χ1n) is 40.9. The highest BCUT2D eigenvalue weighted by Gasteiger charge is 2.40. The standard InChI is InChI=1S/C75H129N25O24/c1-10-36(6)58(70(120)87-34-54(106)91-47(30-55(107)108)67(117)95-48(31-56(109)110)68(118)99-59(37(7)11-2)71(121)96-46(29-51(79)103)66(116)93-44(73(123)124)21-17-27-85-75(82)83)100-72(122)60(38(8)12-3)98-61(111)39(9)88-65(115)45(28-40-18-14-13-15-19-40)94-63(113)43(23-25-50(78)102)92-62(112)41(20-16-26-84-74(80)81)90-53(105)33-86-69(119)57(35(4)5)97-64(114)42(22-24-49(77)101)89-52(104)32-76/h35-48,57-60H,10-34,76H2,1-9H3,(H2,77,101)(H2,78,102)(H2,79,103)(H,86,119)(H,87,120)(H,88,115)(H,89,104)(H,90,105)(H,91,106)(H,92,112)(H,93,116)(H,94,113)(H,95,117)(H,96,121)(H,97,114)(H,98,111)(H,99,118)(H,100,122)(H,107,108)(H,109,110)(H,123,124)(H4,80,81,84)(H4,82,83,85)/t36-,37-,38-,39-,41-,42-,43-,44-,45-,46-,47-,48-,57-,58-,59-,60-/m0/s1. The lowest BCUT2D eigenvalue weighted by Gasteiger charge is -2.30. The van der Waals surface area contributed by atoms with Gasteiger partial charge in [0.2, 0.25) is 106 Å². The van der Waals surface area contributed by atoms with Gasteiger partial charge in [-0.15, -0.1) is 0 Å². The number of guanidine groups is 2. The van der Waals surface area contributed by atoms with Crippen LogP contribution >= 0.6 is 0 Å². The van der Waals surface area contributed by atoms with Crippen LogP contribution in [0.25, 0.3) is 0 Å². The fourth-order valence-electron chi connectivity index (χ4n) is 12.5. The number of rotatable bonds is 60. The molecule has 1 saturated carbocycles. The molecule has 698 valence electrons. The van der Waals surface area contributed by atoms with E-state index in [1.54, 1.807) is 48.5 Å². The van der Waals surface area contributed by atoms with Gasteiger partial charge in [-0.2, -0.15) is 0 Å². The molecule has 0 aliphatic heterocycles. The number of carbonyl (C=O) groups is 21. The highest BCUT2D eigenvalue weighted by molar-refractivity contribution is 6.02. The number of hydrogen-bond acceptors (Lipinski definition) is 24. The molecule has 49 heteroatoms. The van der Waals surface area contributed by atoms with Crippen molar-refractivity contribution in [3.8, 4) is 0 Å². The van der Waals surface area contributed by atoms with Crippen LogP contribution in [-0.2, 0) is 101 Å². The summed E-state index contributed by atoms with van der Waals surface area (Å²) in [6, 6.07) is -21.0. The van der Waals surface area contributed by atoms with Crippen LogP contribution in [0.3, 0.4) is 0 Å². The summed E-state index contributed by atoms with van der Waals surface area (Å²) < 4.78 is 0. The zero-order valence-corrected chi connectivity index (χ0v) is 71.5. The minimum Gasteiger partial charge on any atom is -0.481 e.